The smallest absolute Gasteiger partial charge is 0.191 e. The van der Waals surface area contributed by atoms with Crippen LogP contribution in [0.1, 0.15) is 63.0 Å². The zero-order chi connectivity index (χ0) is 21.8. The summed E-state index contributed by atoms with van der Waals surface area (Å²) < 4.78 is 17.0. The van der Waals surface area contributed by atoms with Gasteiger partial charge in [-0.1, -0.05) is 37.1 Å². The van der Waals surface area contributed by atoms with Gasteiger partial charge >= 0.3 is 0 Å². The lowest BCUT2D eigenvalue weighted by molar-refractivity contribution is -0.0390. The summed E-state index contributed by atoms with van der Waals surface area (Å²) in [6.45, 7) is 7.75. The molecule has 0 spiro atoms. The number of hydrogen-bond acceptors (Lipinski definition) is 4. The summed E-state index contributed by atoms with van der Waals surface area (Å²) in [4.78, 5) is 4.42. The molecule has 0 amide bonds. The Morgan fingerprint density at radius 2 is 1.78 bits per heavy atom. The third-order valence-corrected chi connectivity index (χ3v) is 6.64. The van der Waals surface area contributed by atoms with E-state index in [9.17, 15) is 0 Å². The third-order valence-electron chi connectivity index (χ3n) is 6.64. The van der Waals surface area contributed by atoms with Crippen LogP contribution in [-0.2, 0) is 27.4 Å². The second-order valence-corrected chi connectivity index (χ2v) is 8.87. The van der Waals surface area contributed by atoms with E-state index in [1.165, 1.54) is 36.8 Å². The number of aliphatic imine (C=N–C) groups is 1. The van der Waals surface area contributed by atoms with Gasteiger partial charge in [-0.25, -0.2) is 0 Å². The third kappa shape index (κ3) is 9.15. The Morgan fingerprint density at radius 1 is 1.09 bits per heavy atom. The minimum absolute atomic E-state index is 0. The van der Waals surface area contributed by atoms with Crippen LogP contribution in [0, 0.1) is 5.41 Å². The lowest BCUT2D eigenvalue weighted by atomic mass is 9.83. The molecule has 1 aliphatic heterocycles. The van der Waals surface area contributed by atoms with Crippen LogP contribution in [0.3, 0.4) is 0 Å². The second-order valence-electron chi connectivity index (χ2n) is 8.87. The van der Waals surface area contributed by atoms with Crippen molar-refractivity contribution in [1.82, 2.24) is 10.6 Å². The largest absolute Gasteiger partial charge is 0.382 e. The molecule has 0 aromatic heterocycles. The molecule has 0 atom stereocenters. The first-order valence-electron chi connectivity index (χ1n) is 12.0. The van der Waals surface area contributed by atoms with E-state index in [-0.39, 0.29) is 24.0 Å². The minimum atomic E-state index is 0. The molecule has 182 valence electrons. The van der Waals surface area contributed by atoms with Crippen LogP contribution in [0.15, 0.2) is 29.3 Å². The first-order chi connectivity index (χ1) is 15.2. The zero-order valence-electron chi connectivity index (χ0n) is 19.9. The van der Waals surface area contributed by atoms with E-state index in [1.54, 1.807) is 0 Å². The summed E-state index contributed by atoms with van der Waals surface area (Å²) in [5.74, 6) is 0.870. The van der Waals surface area contributed by atoms with E-state index >= 15 is 0 Å². The molecule has 2 fully saturated rings. The van der Waals surface area contributed by atoms with Crippen LogP contribution in [-0.4, -0.2) is 52.1 Å². The molecule has 7 heteroatoms. The predicted octanol–water partition coefficient (Wildman–Crippen LogP) is 4.65. The molecule has 1 saturated heterocycles. The van der Waals surface area contributed by atoms with Crippen LogP contribution in [0.25, 0.3) is 0 Å². The normalized spacial score (nSPS) is 18.9. The van der Waals surface area contributed by atoms with Crippen molar-refractivity contribution in [2.24, 2.45) is 10.4 Å². The quantitative estimate of drug-likeness (QED) is 0.179. The Balaban J connectivity index is 0.00000363. The monoisotopic (exact) mass is 559 g/mol. The van der Waals surface area contributed by atoms with Crippen molar-refractivity contribution in [3.05, 3.63) is 35.4 Å². The number of halogens is 1. The summed E-state index contributed by atoms with van der Waals surface area (Å²) in [7, 11) is 1.84. The van der Waals surface area contributed by atoms with E-state index in [0.29, 0.717) is 18.1 Å². The van der Waals surface area contributed by atoms with Crippen molar-refractivity contribution in [2.75, 3.05) is 40.0 Å². The first-order valence-corrected chi connectivity index (χ1v) is 12.0. The molecular formula is C25H42IN3O3. The van der Waals surface area contributed by atoms with Gasteiger partial charge in [0.1, 0.15) is 0 Å². The van der Waals surface area contributed by atoms with Crippen molar-refractivity contribution in [3.63, 3.8) is 0 Å². The number of ether oxygens (including phenoxy) is 3. The molecule has 1 aliphatic carbocycles. The van der Waals surface area contributed by atoms with E-state index in [2.05, 4.69) is 46.8 Å². The summed E-state index contributed by atoms with van der Waals surface area (Å²) in [6, 6.07) is 8.66. The predicted molar refractivity (Wildman–Crippen MR) is 141 cm³/mol. The van der Waals surface area contributed by atoms with Crippen LogP contribution >= 0.6 is 24.0 Å². The van der Waals surface area contributed by atoms with Gasteiger partial charge in [0, 0.05) is 46.6 Å². The number of nitrogens with one attached hydrogen (secondary N) is 2. The van der Waals surface area contributed by atoms with Gasteiger partial charge < -0.3 is 24.8 Å². The molecule has 1 aromatic carbocycles. The average Bonchev–Trinajstić information content (AvgIpc) is 3.28. The molecule has 1 heterocycles. The Morgan fingerprint density at radius 3 is 2.44 bits per heavy atom. The van der Waals surface area contributed by atoms with Crippen molar-refractivity contribution in [1.29, 1.82) is 0 Å². The van der Waals surface area contributed by atoms with Gasteiger partial charge in [-0.15, -0.1) is 24.0 Å². The molecule has 2 N–H and O–H groups in total. The number of guanidine groups is 1. The van der Waals surface area contributed by atoms with Crippen molar-refractivity contribution < 1.29 is 14.2 Å². The van der Waals surface area contributed by atoms with Gasteiger partial charge in [-0.3, -0.25) is 4.99 Å². The minimum Gasteiger partial charge on any atom is -0.382 e. The molecule has 32 heavy (non-hydrogen) atoms. The molecule has 0 radical (unpaired) electrons. The van der Waals surface area contributed by atoms with Gasteiger partial charge in [0.2, 0.25) is 0 Å². The molecular weight excluding hydrogens is 517 g/mol. The Bertz CT molecular complexity index is 657. The molecule has 3 rings (SSSR count). The van der Waals surface area contributed by atoms with Gasteiger partial charge in [0.25, 0.3) is 0 Å². The first kappa shape index (κ1) is 27.3. The fourth-order valence-electron chi connectivity index (χ4n) is 4.56. The fourth-order valence-corrected chi connectivity index (χ4v) is 4.56. The summed E-state index contributed by atoms with van der Waals surface area (Å²) >= 11 is 0. The van der Waals surface area contributed by atoms with Crippen molar-refractivity contribution in [2.45, 2.75) is 71.1 Å². The van der Waals surface area contributed by atoms with Gasteiger partial charge in [0.15, 0.2) is 5.96 Å². The standard InChI is InChI=1S/C25H41N3O3.HI/c1-3-29-17-14-25(12-4-5-13-25)20-28-24(26-2)27-18-21-6-8-22(9-7-21)19-31-23-10-15-30-16-11-23;/h6-9,23H,3-5,10-20H2,1-2H3,(H2,26,27,28);1H. The number of hydrogen-bond donors (Lipinski definition) is 2. The zero-order valence-corrected chi connectivity index (χ0v) is 22.2. The van der Waals surface area contributed by atoms with Crippen molar-refractivity contribution in [3.8, 4) is 0 Å². The second kappa shape index (κ2) is 15.1. The lowest BCUT2D eigenvalue weighted by Gasteiger charge is -2.30. The average molecular weight is 560 g/mol. The summed E-state index contributed by atoms with van der Waals surface area (Å²) in [5, 5.41) is 7.03. The summed E-state index contributed by atoms with van der Waals surface area (Å²) in [6.07, 6.45) is 8.67. The Hall–Kier alpha value is -0.900. The highest BCUT2D eigenvalue weighted by atomic mass is 127. The maximum absolute atomic E-state index is 6.02. The maximum atomic E-state index is 6.02. The number of rotatable bonds is 11. The van der Waals surface area contributed by atoms with Gasteiger partial charge in [-0.05, 0) is 55.6 Å². The van der Waals surface area contributed by atoms with Crippen molar-refractivity contribution >= 4 is 29.9 Å². The lowest BCUT2D eigenvalue weighted by Crippen LogP contribution is -2.43. The SMILES string of the molecule is CCOCCC1(CNC(=NC)NCc2ccc(COC3CCOCC3)cc2)CCCC1.I. The summed E-state index contributed by atoms with van der Waals surface area (Å²) in [5.41, 5.74) is 2.80. The molecule has 6 nitrogen and oxygen atoms in total. The van der Waals surface area contributed by atoms with E-state index in [1.807, 2.05) is 7.05 Å². The Labute approximate surface area is 211 Å². The maximum Gasteiger partial charge on any atom is 0.191 e. The van der Waals surface area contributed by atoms with E-state index in [4.69, 9.17) is 14.2 Å². The van der Waals surface area contributed by atoms with E-state index in [0.717, 1.165) is 64.7 Å². The molecule has 1 saturated carbocycles. The van der Waals surface area contributed by atoms with Crippen LogP contribution < -0.4 is 10.6 Å². The molecule has 0 unspecified atom stereocenters. The molecule has 1 aromatic rings. The fraction of sp³-hybridized carbons (Fsp3) is 0.720. The van der Waals surface area contributed by atoms with E-state index < -0.39 is 0 Å². The Kier molecular flexibility index (Phi) is 12.9. The molecule has 0 bridgehead atoms. The van der Waals surface area contributed by atoms with Crippen LogP contribution in [0.5, 0.6) is 0 Å². The highest BCUT2D eigenvalue weighted by molar-refractivity contribution is 14.0. The topological polar surface area (TPSA) is 64.1 Å². The number of benzene rings is 1. The highest BCUT2D eigenvalue weighted by Gasteiger charge is 2.33. The highest BCUT2D eigenvalue weighted by Crippen LogP contribution is 2.40. The molecule has 2 aliphatic rings. The van der Waals surface area contributed by atoms with Gasteiger partial charge in [-0.2, -0.15) is 0 Å². The van der Waals surface area contributed by atoms with Gasteiger partial charge in [0.05, 0.1) is 12.7 Å². The van der Waals surface area contributed by atoms with Crippen LogP contribution in [0.4, 0.5) is 0 Å². The number of nitrogens with zero attached hydrogens (tertiary/aromatic N) is 1. The van der Waals surface area contributed by atoms with Crippen LogP contribution in [0.2, 0.25) is 0 Å².